The molecular formula is C22H28ClN3O. The standard InChI is InChI=1S/C22H28ClN3O/c1-17(2)22(18-8-4-3-5-9-18)24-16-21(27)26-14-12-25(13-15-26)20-11-7-6-10-19(20)23/h3-11,17,22,24H,12-16H2,1-2H3/t22-/m1/s1. The first-order chi connectivity index (χ1) is 13.1. The normalized spacial score (nSPS) is 15.9. The molecule has 0 spiro atoms. The van der Waals surface area contributed by atoms with Gasteiger partial charge in [0.05, 0.1) is 17.3 Å². The van der Waals surface area contributed by atoms with Crippen LogP contribution in [-0.4, -0.2) is 43.5 Å². The number of nitrogens with one attached hydrogen (secondary N) is 1. The summed E-state index contributed by atoms with van der Waals surface area (Å²) in [5.41, 5.74) is 2.28. The molecular weight excluding hydrogens is 358 g/mol. The minimum Gasteiger partial charge on any atom is -0.367 e. The van der Waals surface area contributed by atoms with Crippen LogP contribution in [0.1, 0.15) is 25.5 Å². The van der Waals surface area contributed by atoms with Crippen molar-refractivity contribution in [3.05, 3.63) is 65.2 Å². The first-order valence-corrected chi connectivity index (χ1v) is 9.99. The number of halogens is 1. The third-order valence-corrected chi connectivity index (χ3v) is 5.44. The lowest BCUT2D eigenvalue weighted by Gasteiger charge is -2.37. The molecule has 144 valence electrons. The van der Waals surface area contributed by atoms with Crippen LogP contribution in [0.3, 0.4) is 0 Å². The second kappa shape index (κ2) is 9.25. The highest BCUT2D eigenvalue weighted by Gasteiger charge is 2.23. The van der Waals surface area contributed by atoms with E-state index in [9.17, 15) is 4.79 Å². The first-order valence-electron chi connectivity index (χ1n) is 9.62. The lowest BCUT2D eigenvalue weighted by atomic mass is 9.96. The number of hydrogen-bond acceptors (Lipinski definition) is 3. The molecule has 3 rings (SSSR count). The molecule has 2 aromatic carbocycles. The molecule has 1 saturated heterocycles. The van der Waals surface area contributed by atoms with Gasteiger partial charge in [-0.15, -0.1) is 0 Å². The largest absolute Gasteiger partial charge is 0.367 e. The number of nitrogens with zero attached hydrogens (tertiary/aromatic N) is 2. The number of piperazine rings is 1. The Labute approximate surface area is 167 Å². The topological polar surface area (TPSA) is 35.6 Å². The van der Waals surface area contributed by atoms with Gasteiger partial charge in [0.2, 0.25) is 5.91 Å². The van der Waals surface area contributed by atoms with Crippen LogP contribution in [0.2, 0.25) is 5.02 Å². The third kappa shape index (κ3) is 5.02. The number of hydrogen-bond donors (Lipinski definition) is 1. The highest BCUT2D eigenvalue weighted by Crippen LogP contribution is 2.26. The third-order valence-electron chi connectivity index (χ3n) is 5.12. The van der Waals surface area contributed by atoms with Gasteiger partial charge in [-0.3, -0.25) is 4.79 Å². The minimum absolute atomic E-state index is 0.162. The summed E-state index contributed by atoms with van der Waals surface area (Å²) >= 11 is 6.30. The van der Waals surface area contributed by atoms with Crippen LogP contribution in [0.15, 0.2) is 54.6 Å². The monoisotopic (exact) mass is 385 g/mol. The van der Waals surface area contributed by atoms with Gasteiger partial charge in [-0.05, 0) is 23.6 Å². The van der Waals surface area contributed by atoms with Gasteiger partial charge in [-0.1, -0.05) is 67.9 Å². The number of carbonyl (C=O) groups excluding carboxylic acids is 1. The van der Waals surface area contributed by atoms with E-state index in [1.54, 1.807) is 0 Å². The molecule has 1 N–H and O–H groups in total. The molecule has 0 aromatic heterocycles. The Morgan fingerprint density at radius 1 is 1.00 bits per heavy atom. The maximum absolute atomic E-state index is 12.7. The highest BCUT2D eigenvalue weighted by atomic mass is 35.5. The molecule has 0 aliphatic carbocycles. The Hall–Kier alpha value is -2.04. The van der Waals surface area contributed by atoms with Crippen molar-refractivity contribution in [2.45, 2.75) is 19.9 Å². The maximum atomic E-state index is 12.7. The van der Waals surface area contributed by atoms with E-state index in [0.717, 1.165) is 36.9 Å². The molecule has 2 aromatic rings. The summed E-state index contributed by atoms with van der Waals surface area (Å²) in [5.74, 6) is 0.577. The van der Waals surface area contributed by atoms with E-state index >= 15 is 0 Å². The van der Waals surface area contributed by atoms with Gasteiger partial charge in [0.25, 0.3) is 0 Å². The highest BCUT2D eigenvalue weighted by molar-refractivity contribution is 6.33. The van der Waals surface area contributed by atoms with E-state index in [0.29, 0.717) is 12.5 Å². The van der Waals surface area contributed by atoms with Gasteiger partial charge in [-0.25, -0.2) is 0 Å². The number of amides is 1. The van der Waals surface area contributed by atoms with E-state index in [1.165, 1.54) is 5.56 Å². The molecule has 1 amide bonds. The molecule has 0 bridgehead atoms. The number of para-hydroxylation sites is 1. The van der Waals surface area contributed by atoms with Crippen LogP contribution in [0.5, 0.6) is 0 Å². The Kier molecular flexibility index (Phi) is 6.75. The minimum atomic E-state index is 0.162. The van der Waals surface area contributed by atoms with Crippen LogP contribution in [0.25, 0.3) is 0 Å². The SMILES string of the molecule is CC(C)[C@@H](NCC(=O)N1CCN(c2ccccc2Cl)CC1)c1ccccc1. The molecule has 1 aliphatic rings. The van der Waals surface area contributed by atoms with E-state index in [-0.39, 0.29) is 11.9 Å². The molecule has 0 unspecified atom stereocenters. The summed E-state index contributed by atoms with van der Waals surface area (Å²) < 4.78 is 0. The summed E-state index contributed by atoms with van der Waals surface area (Å²) in [7, 11) is 0. The molecule has 0 radical (unpaired) electrons. The number of carbonyl (C=O) groups is 1. The molecule has 1 atom stereocenters. The Morgan fingerprint density at radius 3 is 2.26 bits per heavy atom. The van der Waals surface area contributed by atoms with Crippen LogP contribution < -0.4 is 10.2 Å². The van der Waals surface area contributed by atoms with Crippen molar-refractivity contribution in [3.63, 3.8) is 0 Å². The molecule has 1 aliphatic heterocycles. The van der Waals surface area contributed by atoms with Crippen molar-refractivity contribution >= 4 is 23.2 Å². The van der Waals surface area contributed by atoms with Crippen molar-refractivity contribution in [2.24, 2.45) is 5.92 Å². The van der Waals surface area contributed by atoms with E-state index < -0.39 is 0 Å². The van der Waals surface area contributed by atoms with Crippen molar-refractivity contribution in [1.29, 1.82) is 0 Å². The second-order valence-corrected chi connectivity index (χ2v) is 7.74. The second-order valence-electron chi connectivity index (χ2n) is 7.33. The van der Waals surface area contributed by atoms with Crippen molar-refractivity contribution in [3.8, 4) is 0 Å². The zero-order chi connectivity index (χ0) is 19.2. The number of rotatable bonds is 6. The van der Waals surface area contributed by atoms with E-state index in [1.807, 2.05) is 47.4 Å². The van der Waals surface area contributed by atoms with Crippen molar-refractivity contribution in [2.75, 3.05) is 37.6 Å². The van der Waals surface area contributed by atoms with Gasteiger partial charge in [-0.2, -0.15) is 0 Å². The summed E-state index contributed by atoms with van der Waals surface area (Å²) in [6, 6.07) is 18.4. The average molecular weight is 386 g/mol. The fourth-order valence-electron chi connectivity index (χ4n) is 3.61. The quantitative estimate of drug-likeness (QED) is 0.817. The zero-order valence-corrected chi connectivity index (χ0v) is 16.8. The van der Waals surface area contributed by atoms with Gasteiger partial charge < -0.3 is 15.1 Å². The number of anilines is 1. The van der Waals surface area contributed by atoms with Gasteiger partial charge in [0.1, 0.15) is 0 Å². The lowest BCUT2D eigenvalue weighted by molar-refractivity contribution is -0.130. The summed E-state index contributed by atoms with van der Waals surface area (Å²) in [4.78, 5) is 16.9. The summed E-state index contributed by atoms with van der Waals surface area (Å²) in [6.07, 6.45) is 0. The lowest BCUT2D eigenvalue weighted by Crippen LogP contribution is -2.51. The molecule has 4 nitrogen and oxygen atoms in total. The fourth-order valence-corrected chi connectivity index (χ4v) is 3.87. The van der Waals surface area contributed by atoms with Gasteiger partial charge in [0.15, 0.2) is 0 Å². The molecule has 1 fully saturated rings. The van der Waals surface area contributed by atoms with E-state index in [4.69, 9.17) is 11.6 Å². The van der Waals surface area contributed by atoms with Gasteiger partial charge in [0, 0.05) is 32.2 Å². The van der Waals surface area contributed by atoms with Crippen LogP contribution in [0.4, 0.5) is 5.69 Å². The van der Waals surface area contributed by atoms with Crippen LogP contribution in [0, 0.1) is 5.92 Å². The average Bonchev–Trinajstić information content (AvgIpc) is 2.69. The number of benzene rings is 2. The predicted molar refractivity (Wildman–Crippen MR) is 112 cm³/mol. The smallest absolute Gasteiger partial charge is 0.236 e. The maximum Gasteiger partial charge on any atom is 0.236 e. The fraction of sp³-hybridized carbons (Fsp3) is 0.409. The van der Waals surface area contributed by atoms with Crippen LogP contribution in [-0.2, 0) is 4.79 Å². The molecule has 5 heteroatoms. The zero-order valence-electron chi connectivity index (χ0n) is 16.1. The van der Waals surface area contributed by atoms with Crippen molar-refractivity contribution < 1.29 is 4.79 Å². The summed E-state index contributed by atoms with van der Waals surface area (Å²) in [6.45, 7) is 7.79. The first kappa shape index (κ1) is 19.7. The Balaban J connectivity index is 1.53. The Bertz CT molecular complexity index is 742. The van der Waals surface area contributed by atoms with Gasteiger partial charge >= 0.3 is 0 Å². The van der Waals surface area contributed by atoms with Crippen LogP contribution >= 0.6 is 11.6 Å². The van der Waals surface area contributed by atoms with Crippen molar-refractivity contribution in [1.82, 2.24) is 10.2 Å². The summed E-state index contributed by atoms with van der Waals surface area (Å²) in [5, 5.41) is 4.22. The molecule has 27 heavy (non-hydrogen) atoms. The molecule has 0 saturated carbocycles. The molecule has 1 heterocycles. The Morgan fingerprint density at radius 2 is 1.63 bits per heavy atom. The predicted octanol–water partition coefficient (Wildman–Crippen LogP) is 3.98. The van der Waals surface area contributed by atoms with E-state index in [2.05, 4.69) is 36.2 Å².